The quantitative estimate of drug-likeness (QED) is 0.867. The molecule has 1 saturated heterocycles. The maximum atomic E-state index is 12.2. The number of likely N-dealkylation sites (N-methyl/N-ethyl adjacent to an activating group) is 1. The van der Waals surface area contributed by atoms with Gasteiger partial charge < -0.3 is 15.5 Å². The highest BCUT2D eigenvalue weighted by Crippen LogP contribution is 2.12. The van der Waals surface area contributed by atoms with Crippen LogP contribution in [0.5, 0.6) is 0 Å². The Morgan fingerprint density at radius 3 is 2.75 bits per heavy atom. The molecule has 1 amide bonds. The van der Waals surface area contributed by atoms with Crippen LogP contribution in [0, 0.1) is 0 Å². The molecule has 0 radical (unpaired) electrons. The summed E-state index contributed by atoms with van der Waals surface area (Å²) in [4.78, 5) is 14.5. The molecule has 0 bridgehead atoms. The summed E-state index contributed by atoms with van der Waals surface area (Å²) in [6.07, 6.45) is 3.32. The number of hydrogen-bond donors (Lipinski definition) is 2. The van der Waals surface area contributed by atoms with E-state index in [1.54, 1.807) is 0 Å². The van der Waals surface area contributed by atoms with Crippen LogP contribution in [0.25, 0.3) is 0 Å². The first-order chi connectivity index (χ1) is 9.69. The van der Waals surface area contributed by atoms with Gasteiger partial charge in [-0.1, -0.05) is 6.92 Å². The molecule has 4 nitrogen and oxygen atoms in total. The highest BCUT2D eigenvalue weighted by atomic mass is 16.1. The lowest BCUT2D eigenvalue weighted by atomic mass is 10.1. The van der Waals surface area contributed by atoms with Gasteiger partial charge in [-0.25, -0.2) is 0 Å². The molecule has 1 aliphatic rings. The second-order valence-corrected chi connectivity index (χ2v) is 5.58. The molecule has 0 spiro atoms. The van der Waals surface area contributed by atoms with Crippen LogP contribution < -0.4 is 10.6 Å². The van der Waals surface area contributed by atoms with Crippen molar-refractivity contribution >= 4 is 11.6 Å². The molecule has 1 atom stereocenters. The van der Waals surface area contributed by atoms with Gasteiger partial charge in [0.25, 0.3) is 5.91 Å². The van der Waals surface area contributed by atoms with Crippen molar-refractivity contribution in [3.05, 3.63) is 29.8 Å². The molecule has 20 heavy (non-hydrogen) atoms. The van der Waals surface area contributed by atoms with Crippen LogP contribution in [-0.2, 0) is 0 Å². The maximum Gasteiger partial charge on any atom is 0.251 e. The van der Waals surface area contributed by atoms with E-state index in [1.807, 2.05) is 24.3 Å². The average Bonchev–Trinajstić information content (AvgIpc) is 2.45. The molecule has 0 saturated carbocycles. The highest BCUT2D eigenvalue weighted by Gasteiger charge is 2.19. The van der Waals surface area contributed by atoms with Gasteiger partial charge >= 0.3 is 0 Å². The van der Waals surface area contributed by atoms with Crippen molar-refractivity contribution in [2.45, 2.75) is 32.2 Å². The smallest absolute Gasteiger partial charge is 0.251 e. The number of amides is 1. The van der Waals surface area contributed by atoms with Crippen LogP contribution in [0.1, 0.15) is 36.5 Å². The third kappa shape index (κ3) is 4.23. The molecule has 1 aromatic rings. The van der Waals surface area contributed by atoms with Crippen LogP contribution in [-0.4, -0.2) is 43.5 Å². The zero-order valence-corrected chi connectivity index (χ0v) is 12.5. The van der Waals surface area contributed by atoms with Gasteiger partial charge in [0, 0.05) is 30.4 Å². The van der Waals surface area contributed by atoms with Crippen molar-refractivity contribution in [1.82, 2.24) is 10.2 Å². The SMILES string of the molecule is CCCNc1ccc(C(=O)NC2CCCN(C)C2)cc1. The first-order valence-electron chi connectivity index (χ1n) is 7.52. The van der Waals surface area contributed by atoms with Crippen LogP contribution in [0.15, 0.2) is 24.3 Å². The van der Waals surface area contributed by atoms with Gasteiger partial charge in [-0.15, -0.1) is 0 Å². The molecule has 1 fully saturated rings. The lowest BCUT2D eigenvalue weighted by Gasteiger charge is -2.30. The predicted molar refractivity (Wildman–Crippen MR) is 83.2 cm³/mol. The highest BCUT2D eigenvalue weighted by molar-refractivity contribution is 5.94. The summed E-state index contributed by atoms with van der Waals surface area (Å²) < 4.78 is 0. The number of rotatable bonds is 5. The molecule has 2 N–H and O–H groups in total. The monoisotopic (exact) mass is 275 g/mol. The van der Waals surface area contributed by atoms with E-state index in [2.05, 4.69) is 29.5 Å². The van der Waals surface area contributed by atoms with Crippen LogP contribution in [0.3, 0.4) is 0 Å². The fraction of sp³-hybridized carbons (Fsp3) is 0.562. The number of nitrogens with zero attached hydrogens (tertiary/aromatic N) is 1. The molecule has 1 heterocycles. The second-order valence-electron chi connectivity index (χ2n) is 5.58. The Morgan fingerprint density at radius 2 is 2.10 bits per heavy atom. The fourth-order valence-corrected chi connectivity index (χ4v) is 2.56. The van der Waals surface area contributed by atoms with E-state index >= 15 is 0 Å². The average molecular weight is 275 g/mol. The molecular weight excluding hydrogens is 250 g/mol. The summed E-state index contributed by atoms with van der Waals surface area (Å²) in [5, 5.41) is 6.44. The Labute approximate surface area is 121 Å². The van der Waals surface area contributed by atoms with Gasteiger partial charge in [0.2, 0.25) is 0 Å². The van der Waals surface area contributed by atoms with E-state index < -0.39 is 0 Å². The van der Waals surface area contributed by atoms with Crippen LogP contribution >= 0.6 is 0 Å². The number of likely N-dealkylation sites (tertiary alicyclic amines) is 1. The first kappa shape index (κ1) is 14.9. The van der Waals surface area contributed by atoms with Gasteiger partial charge in [-0.3, -0.25) is 4.79 Å². The van der Waals surface area contributed by atoms with Crippen molar-refractivity contribution in [3.63, 3.8) is 0 Å². The Balaban J connectivity index is 1.88. The molecule has 1 aliphatic heterocycles. The molecule has 0 aromatic heterocycles. The Kier molecular flexibility index (Phi) is 5.41. The van der Waals surface area contributed by atoms with Crippen molar-refractivity contribution in [3.8, 4) is 0 Å². The molecular formula is C16H25N3O. The summed E-state index contributed by atoms with van der Waals surface area (Å²) in [7, 11) is 2.10. The van der Waals surface area contributed by atoms with E-state index in [0.717, 1.165) is 50.1 Å². The maximum absolute atomic E-state index is 12.2. The topological polar surface area (TPSA) is 44.4 Å². The Bertz CT molecular complexity index is 430. The lowest BCUT2D eigenvalue weighted by molar-refractivity contribution is 0.0912. The largest absolute Gasteiger partial charge is 0.385 e. The fourth-order valence-electron chi connectivity index (χ4n) is 2.56. The van der Waals surface area contributed by atoms with E-state index in [1.165, 1.54) is 0 Å². The standard InChI is InChI=1S/C16H25N3O/c1-3-10-17-14-8-6-13(7-9-14)16(20)18-15-5-4-11-19(2)12-15/h6-9,15,17H,3-5,10-12H2,1-2H3,(H,18,20). The summed E-state index contributed by atoms with van der Waals surface area (Å²) >= 11 is 0. The second kappa shape index (κ2) is 7.29. The summed E-state index contributed by atoms with van der Waals surface area (Å²) in [5.41, 5.74) is 1.81. The minimum absolute atomic E-state index is 0.0346. The Morgan fingerprint density at radius 1 is 1.35 bits per heavy atom. The Hall–Kier alpha value is -1.55. The number of carbonyl (C=O) groups excluding carboxylic acids is 1. The summed E-state index contributed by atoms with van der Waals surface area (Å²) in [6.45, 7) is 5.17. The summed E-state index contributed by atoms with van der Waals surface area (Å²) in [5.74, 6) is 0.0346. The third-order valence-corrected chi connectivity index (χ3v) is 3.69. The lowest BCUT2D eigenvalue weighted by Crippen LogP contribution is -2.46. The van der Waals surface area contributed by atoms with Gasteiger partial charge in [-0.05, 0) is 57.1 Å². The van der Waals surface area contributed by atoms with Crippen molar-refractivity contribution in [2.75, 3.05) is 32.0 Å². The molecule has 1 unspecified atom stereocenters. The minimum atomic E-state index is 0.0346. The van der Waals surface area contributed by atoms with E-state index in [4.69, 9.17) is 0 Å². The van der Waals surface area contributed by atoms with Crippen molar-refractivity contribution in [1.29, 1.82) is 0 Å². The van der Waals surface area contributed by atoms with Gasteiger partial charge in [0.15, 0.2) is 0 Å². The van der Waals surface area contributed by atoms with Gasteiger partial charge in [0.1, 0.15) is 0 Å². The van der Waals surface area contributed by atoms with Crippen molar-refractivity contribution < 1.29 is 4.79 Å². The normalized spacial score (nSPS) is 19.6. The molecule has 0 aliphatic carbocycles. The zero-order chi connectivity index (χ0) is 14.4. The van der Waals surface area contributed by atoms with Crippen LogP contribution in [0.2, 0.25) is 0 Å². The van der Waals surface area contributed by atoms with Crippen molar-refractivity contribution in [2.24, 2.45) is 0 Å². The third-order valence-electron chi connectivity index (χ3n) is 3.69. The van der Waals surface area contributed by atoms with Crippen LogP contribution in [0.4, 0.5) is 5.69 Å². The summed E-state index contributed by atoms with van der Waals surface area (Å²) in [6, 6.07) is 7.99. The first-order valence-corrected chi connectivity index (χ1v) is 7.52. The number of benzene rings is 1. The minimum Gasteiger partial charge on any atom is -0.385 e. The number of hydrogen-bond acceptors (Lipinski definition) is 3. The molecule has 110 valence electrons. The van der Waals surface area contributed by atoms with Gasteiger partial charge in [0.05, 0.1) is 0 Å². The number of nitrogens with one attached hydrogen (secondary N) is 2. The predicted octanol–water partition coefficient (Wildman–Crippen LogP) is 2.33. The molecule has 1 aromatic carbocycles. The number of carbonyl (C=O) groups is 1. The molecule has 2 rings (SSSR count). The zero-order valence-electron chi connectivity index (χ0n) is 12.5. The number of piperidine rings is 1. The van der Waals surface area contributed by atoms with E-state index in [9.17, 15) is 4.79 Å². The van der Waals surface area contributed by atoms with Gasteiger partial charge in [-0.2, -0.15) is 0 Å². The molecule has 4 heteroatoms. The number of anilines is 1. The van der Waals surface area contributed by atoms with E-state index in [-0.39, 0.29) is 11.9 Å². The van der Waals surface area contributed by atoms with E-state index in [0.29, 0.717) is 0 Å².